The summed E-state index contributed by atoms with van der Waals surface area (Å²) in [6.45, 7) is 8.38. The molecule has 3 rings (SSSR count). The predicted molar refractivity (Wildman–Crippen MR) is 91.1 cm³/mol. The highest BCUT2D eigenvalue weighted by molar-refractivity contribution is 7.15. The molecular formula is C17H23N3OS. The Bertz CT molecular complexity index is 591. The van der Waals surface area contributed by atoms with E-state index < -0.39 is 0 Å². The van der Waals surface area contributed by atoms with Crippen molar-refractivity contribution in [1.82, 2.24) is 14.8 Å². The first-order valence-electron chi connectivity index (χ1n) is 7.83. The average Bonchev–Trinajstić information content (AvgIpc) is 2.91. The molecule has 0 spiro atoms. The van der Waals surface area contributed by atoms with Crippen LogP contribution in [0, 0.1) is 6.92 Å². The monoisotopic (exact) mass is 317 g/mol. The summed E-state index contributed by atoms with van der Waals surface area (Å²) in [6.07, 6.45) is 0. The Morgan fingerprint density at radius 3 is 2.45 bits per heavy atom. The third-order valence-electron chi connectivity index (χ3n) is 4.16. The summed E-state index contributed by atoms with van der Waals surface area (Å²) in [5, 5.41) is 10.1. The van der Waals surface area contributed by atoms with Crippen LogP contribution in [0.3, 0.4) is 0 Å². The summed E-state index contributed by atoms with van der Waals surface area (Å²) in [5.74, 6) is 0. The van der Waals surface area contributed by atoms with Crippen molar-refractivity contribution in [2.45, 2.75) is 13.5 Å². The van der Waals surface area contributed by atoms with Gasteiger partial charge in [-0.25, -0.2) is 4.98 Å². The molecule has 0 aliphatic carbocycles. The fraction of sp³-hybridized carbons (Fsp3) is 0.471. The van der Waals surface area contributed by atoms with Crippen LogP contribution in [0.25, 0.3) is 10.6 Å². The van der Waals surface area contributed by atoms with E-state index in [9.17, 15) is 0 Å². The topological polar surface area (TPSA) is 39.6 Å². The van der Waals surface area contributed by atoms with Crippen LogP contribution in [0.15, 0.2) is 30.3 Å². The number of aryl methyl sites for hydroxylation is 1. The van der Waals surface area contributed by atoms with E-state index in [1.165, 1.54) is 10.4 Å². The van der Waals surface area contributed by atoms with Gasteiger partial charge in [-0.05, 0) is 6.92 Å². The molecule has 0 radical (unpaired) electrons. The molecule has 1 fully saturated rings. The summed E-state index contributed by atoms with van der Waals surface area (Å²) in [6, 6.07) is 10.4. The van der Waals surface area contributed by atoms with E-state index in [1.807, 2.05) is 17.4 Å². The molecule has 1 saturated heterocycles. The zero-order valence-electron chi connectivity index (χ0n) is 13.0. The molecule has 1 N–H and O–H groups in total. The Labute approximate surface area is 136 Å². The lowest BCUT2D eigenvalue weighted by Gasteiger charge is -2.34. The molecule has 1 aliphatic heterocycles. The number of aromatic nitrogens is 1. The van der Waals surface area contributed by atoms with Crippen molar-refractivity contribution < 1.29 is 5.11 Å². The van der Waals surface area contributed by atoms with Crippen LogP contribution in [0.5, 0.6) is 0 Å². The molecule has 1 aromatic heterocycles. The van der Waals surface area contributed by atoms with Crippen LogP contribution in [-0.2, 0) is 6.54 Å². The molecule has 0 bridgehead atoms. The number of aliphatic hydroxyl groups is 1. The Morgan fingerprint density at radius 1 is 1.09 bits per heavy atom. The smallest absolute Gasteiger partial charge is 0.123 e. The van der Waals surface area contributed by atoms with Crippen molar-refractivity contribution in [1.29, 1.82) is 0 Å². The number of hydrogen-bond acceptors (Lipinski definition) is 5. The zero-order chi connectivity index (χ0) is 15.4. The van der Waals surface area contributed by atoms with Gasteiger partial charge in [-0.2, -0.15) is 0 Å². The van der Waals surface area contributed by atoms with Gasteiger partial charge in [0.1, 0.15) is 5.01 Å². The third-order valence-corrected chi connectivity index (χ3v) is 5.35. The number of thiazole rings is 1. The lowest BCUT2D eigenvalue weighted by Crippen LogP contribution is -2.46. The van der Waals surface area contributed by atoms with Gasteiger partial charge in [-0.15, -0.1) is 11.3 Å². The number of β-amino-alcohol motifs (C(OH)–C–C–N with tert-alkyl or cyclic N) is 1. The Morgan fingerprint density at radius 2 is 1.77 bits per heavy atom. The molecule has 2 aromatic rings. The van der Waals surface area contributed by atoms with Gasteiger partial charge in [0, 0.05) is 49.7 Å². The SMILES string of the molecule is Cc1nc(-c2ccccc2)sc1CN1CCN(CCO)CC1. The quantitative estimate of drug-likeness (QED) is 0.918. The first-order valence-corrected chi connectivity index (χ1v) is 8.65. The van der Waals surface area contributed by atoms with Crippen LogP contribution >= 0.6 is 11.3 Å². The van der Waals surface area contributed by atoms with E-state index >= 15 is 0 Å². The number of benzene rings is 1. The van der Waals surface area contributed by atoms with Crippen LogP contribution < -0.4 is 0 Å². The molecule has 118 valence electrons. The average molecular weight is 317 g/mol. The van der Waals surface area contributed by atoms with Crippen LogP contribution in [0.1, 0.15) is 10.6 Å². The van der Waals surface area contributed by atoms with Crippen molar-refractivity contribution in [3.8, 4) is 10.6 Å². The maximum Gasteiger partial charge on any atom is 0.123 e. The molecule has 2 heterocycles. The number of piperazine rings is 1. The van der Waals surface area contributed by atoms with Gasteiger partial charge < -0.3 is 5.11 Å². The molecule has 1 aromatic carbocycles. The summed E-state index contributed by atoms with van der Waals surface area (Å²) < 4.78 is 0. The maximum absolute atomic E-state index is 9.01. The van der Waals surface area contributed by atoms with Crippen LogP contribution in [0.4, 0.5) is 0 Å². The maximum atomic E-state index is 9.01. The Balaban J connectivity index is 1.63. The highest BCUT2D eigenvalue weighted by atomic mass is 32.1. The first kappa shape index (κ1) is 15.6. The van der Waals surface area contributed by atoms with Gasteiger partial charge >= 0.3 is 0 Å². The van der Waals surface area contributed by atoms with E-state index in [4.69, 9.17) is 10.1 Å². The second kappa shape index (κ2) is 7.33. The van der Waals surface area contributed by atoms with E-state index in [2.05, 4.69) is 41.0 Å². The van der Waals surface area contributed by atoms with Crippen molar-refractivity contribution in [3.05, 3.63) is 40.9 Å². The minimum atomic E-state index is 0.258. The minimum Gasteiger partial charge on any atom is -0.395 e. The Kier molecular flexibility index (Phi) is 5.20. The molecule has 0 unspecified atom stereocenters. The second-order valence-electron chi connectivity index (χ2n) is 5.74. The van der Waals surface area contributed by atoms with Gasteiger partial charge in [-0.1, -0.05) is 30.3 Å². The largest absolute Gasteiger partial charge is 0.395 e. The Hall–Kier alpha value is -1.27. The molecule has 0 atom stereocenters. The number of hydrogen-bond donors (Lipinski definition) is 1. The lowest BCUT2D eigenvalue weighted by molar-refractivity contribution is 0.109. The van der Waals surface area contributed by atoms with E-state index in [-0.39, 0.29) is 6.61 Å². The molecule has 4 nitrogen and oxygen atoms in total. The molecule has 22 heavy (non-hydrogen) atoms. The van der Waals surface area contributed by atoms with Gasteiger partial charge in [0.05, 0.1) is 12.3 Å². The van der Waals surface area contributed by atoms with Crippen LogP contribution in [-0.4, -0.2) is 59.2 Å². The highest BCUT2D eigenvalue weighted by Crippen LogP contribution is 2.28. The van der Waals surface area contributed by atoms with Crippen LogP contribution in [0.2, 0.25) is 0 Å². The zero-order valence-corrected chi connectivity index (χ0v) is 13.9. The fourth-order valence-corrected chi connectivity index (χ4v) is 3.90. The fourth-order valence-electron chi connectivity index (χ4n) is 2.79. The van der Waals surface area contributed by atoms with Gasteiger partial charge in [0.25, 0.3) is 0 Å². The van der Waals surface area contributed by atoms with Crippen molar-refractivity contribution in [2.75, 3.05) is 39.3 Å². The number of aliphatic hydroxyl groups excluding tert-OH is 1. The number of nitrogens with zero attached hydrogens (tertiary/aromatic N) is 3. The third kappa shape index (κ3) is 3.73. The standard InChI is InChI=1S/C17H23N3OS/c1-14-16(13-20-9-7-19(8-10-20)11-12-21)22-17(18-14)15-5-3-2-4-6-15/h2-6,21H,7-13H2,1H3. The highest BCUT2D eigenvalue weighted by Gasteiger charge is 2.18. The molecule has 1 aliphatic rings. The van der Waals surface area contributed by atoms with Crippen molar-refractivity contribution in [2.24, 2.45) is 0 Å². The molecular weight excluding hydrogens is 294 g/mol. The lowest BCUT2D eigenvalue weighted by atomic mass is 10.2. The molecule has 0 amide bonds. The van der Waals surface area contributed by atoms with E-state index in [1.54, 1.807) is 0 Å². The second-order valence-corrected chi connectivity index (χ2v) is 6.82. The summed E-state index contributed by atoms with van der Waals surface area (Å²) in [5.41, 5.74) is 2.36. The summed E-state index contributed by atoms with van der Waals surface area (Å²) in [7, 11) is 0. The minimum absolute atomic E-state index is 0.258. The van der Waals surface area contributed by atoms with E-state index in [0.717, 1.165) is 50.0 Å². The predicted octanol–water partition coefficient (Wildman–Crippen LogP) is 2.23. The summed E-state index contributed by atoms with van der Waals surface area (Å²) >= 11 is 1.81. The molecule has 0 saturated carbocycles. The first-order chi connectivity index (χ1) is 10.8. The van der Waals surface area contributed by atoms with Gasteiger partial charge in [-0.3, -0.25) is 9.80 Å². The van der Waals surface area contributed by atoms with Crippen molar-refractivity contribution in [3.63, 3.8) is 0 Å². The molecule has 5 heteroatoms. The van der Waals surface area contributed by atoms with Gasteiger partial charge in [0.2, 0.25) is 0 Å². The van der Waals surface area contributed by atoms with Gasteiger partial charge in [0.15, 0.2) is 0 Å². The van der Waals surface area contributed by atoms with E-state index in [0.29, 0.717) is 0 Å². The van der Waals surface area contributed by atoms with Crippen molar-refractivity contribution >= 4 is 11.3 Å². The number of rotatable bonds is 5. The summed E-state index contributed by atoms with van der Waals surface area (Å²) in [4.78, 5) is 10.9. The normalized spacial score (nSPS) is 17.0.